The number of anilines is 1. The van der Waals surface area contributed by atoms with Crippen molar-refractivity contribution in [3.63, 3.8) is 0 Å². The second-order valence-corrected chi connectivity index (χ2v) is 7.76. The predicted molar refractivity (Wildman–Crippen MR) is 121 cm³/mol. The molecule has 0 saturated carbocycles. The van der Waals surface area contributed by atoms with Crippen molar-refractivity contribution >= 4 is 22.8 Å². The molecule has 1 aliphatic rings. The minimum atomic E-state index is -0.0486. The van der Waals surface area contributed by atoms with Crippen LogP contribution >= 0.6 is 0 Å². The van der Waals surface area contributed by atoms with E-state index in [-0.39, 0.29) is 6.03 Å². The average molecular weight is 405 g/mol. The monoisotopic (exact) mass is 404 g/mol. The van der Waals surface area contributed by atoms with E-state index in [0.717, 1.165) is 49.9 Å². The molecule has 1 saturated heterocycles. The third-order valence-electron chi connectivity index (χ3n) is 5.45. The molecule has 0 spiro atoms. The van der Waals surface area contributed by atoms with Crippen molar-refractivity contribution in [3.8, 4) is 11.3 Å². The molecular weight excluding hydrogens is 376 g/mol. The number of nitrogens with one attached hydrogen (secondary N) is 1. The number of carbonyl (C=O) groups excluding carboxylic acids is 1. The van der Waals surface area contributed by atoms with Crippen LogP contribution in [0.5, 0.6) is 0 Å². The maximum absolute atomic E-state index is 11.6. The number of amides is 2. The fraction of sp³-hybridized carbons (Fsp3) is 0.348. The normalized spacial score (nSPS) is 14.7. The number of urea groups is 1. The van der Waals surface area contributed by atoms with Gasteiger partial charge < -0.3 is 15.1 Å². The van der Waals surface area contributed by atoms with E-state index in [9.17, 15) is 4.79 Å². The maximum Gasteiger partial charge on any atom is 0.316 e. The van der Waals surface area contributed by atoms with Crippen LogP contribution in [0, 0.1) is 0 Å². The Hall–Kier alpha value is -3.19. The van der Waals surface area contributed by atoms with Gasteiger partial charge >= 0.3 is 6.03 Å². The summed E-state index contributed by atoms with van der Waals surface area (Å²) in [7, 11) is 3.50. The molecule has 1 aromatic heterocycles. The van der Waals surface area contributed by atoms with Crippen LogP contribution < -0.4 is 10.2 Å². The van der Waals surface area contributed by atoms with Gasteiger partial charge in [0.05, 0.1) is 5.69 Å². The Kier molecular flexibility index (Phi) is 6.09. The van der Waals surface area contributed by atoms with Crippen LogP contribution in [0.25, 0.3) is 22.0 Å². The molecule has 0 bridgehead atoms. The van der Waals surface area contributed by atoms with E-state index >= 15 is 0 Å². The molecule has 0 unspecified atom stereocenters. The summed E-state index contributed by atoms with van der Waals surface area (Å²) in [6.45, 7) is 5.13. The summed E-state index contributed by atoms with van der Waals surface area (Å²) in [6.07, 6.45) is 1.84. The number of hydrogen-bond acceptors (Lipinski definition) is 5. The highest BCUT2D eigenvalue weighted by atomic mass is 16.2. The van der Waals surface area contributed by atoms with Gasteiger partial charge in [-0.3, -0.25) is 4.90 Å². The molecule has 4 rings (SSSR count). The van der Waals surface area contributed by atoms with Crippen LogP contribution in [0.3, 0.4) is 0 Å². The van der Waals surface area contributed by atoms with E-state index in [1.165, 1.54) is 10.8 Å². The zero-order chi connectivity index (χ0) is 20.9. The summed E-state index contributed by atoms with van der Waals surface area (Å²) in [5.41, 5.74) is 2.05. The zero-order valence-corrected chi connectivity index (χ0v) is 17.6. The Morgan fingerprint density at radius 2 is 1.80 bits per heavy atom. The molecule has 7 heteroatoms. The molecule has 0 atom stereocenters. The highest BCUT2D eigenvalue weighted by Gasteiger charge is 2.19. The molecule has 2 amide bonds. The van der Waals surface area contributed by atoms with Gasteiger partial charge in [0.15, 0.2) is 0 Å². The van der Waals surface area contributed by atoms with E-state index in [1.807, 2.05) is 12.3 Å². The maximum atomic E-state index is 11.6. The van der Waals surface area contributed by atoms with E-state index < -0.39 is 0 Å². The van der Waals surface area contributed by atoms with Crippen molar-refractivity contribution in [1.29, 1.82) is 0 Å². The molecule has 1 aliphatic heterocycles. The van der Waals surface area contributed by atoms with Crippen molar-refractivity contribution in [2.24, 2.45) is 0 Å². The van der Waals surface area contributed by atoms with Crippen LogP contribution in [0.1, 0.15) is 0 Å². The SMILES string of the molecule is CN(C)C(=O)NCCN1CCN(c2nccc(-c3ccc4ccccc4c3)n2)CC1. The number of hydrogen-bond donors (Lipinski definition) is 1. The molecule has 2 aromatic carbocycles. The predicted octanol–water partition coefficient (Wildman–Crippen LogP) is 2.69. The van der Waals surface area contributed by atoms with E-state index in [0.29, 0.717) is 6.54 Å². The summed E-state index contributed by atoms with van der Waals surface area (Å²) >= 11 is 0. The van der Waals surface area contributed by atoms with Gasteiger partial charge in [-0.25, -0.2) is 14.8 Å². The third kappa shape index (κ3) is 4.68. The van der Waals surface area contributed by atoms with Crippen LogP contribution in [-0.2, 0) is 0 Å². The summed E-state index contributed by atoms with van der Waals surface area (Å²) in [6, 6.07) is 16.7. The highest BCUT2D eigenvalue weighted by Crippen LogP contribution is 2.24. The Balaban J connectivity index is 1.37. The lowest BCUT2D eigenvalue weighted by Gasteiger charge is -2.34. The van der Waals surface area contributed by atoms with Crippen LogP contribution in [0.15, 0.2) is 54.7 Å². The quantitative estimate of drug-likeness (QED) is 0.708. The van der Waals surface area contributed by atoms with Gasteiger partial charge in [0.25, 0.3) is 0 Å². The number of aromatic nitrogens is 2. The van der Waals surface area contributed by atoms with Gasteiger partial charge in [0, 0.05) is 65.1 Å². The summed E-state index contributed by atoms with van der Waals surface area (Å²) < 4.78 is 0. The molecule has 2 heterocycles. The first-order valence-electron chi connectivity index (χ1n) is 10.3. The third-order valence-corrected chi connectivity index (χ3v) is 5.45. The number of nitrogens with zero attached hydrogens (tertiary/aromatic N) is 5. The van der Waals surface area contributed by atoms with Crippen molar-refractivity contribution < 1.29 is 4.79 Å². The molecule has 0 aliphatic carbocycles. The Labute approximate surface area is 177 Å². The van der Waals surface area contributed by atoms with Crippen molar-refractivity contribution in [3.05, 3.63) is 54.7 Å². The minimum absolute atomic E-state index is 0.0486. The standard InChI is InChI=1S/C23H28N6O/c1-27(2)23(30)25-11-12-28-13-15-29(16-14-28)22-24-10-9-21(26-22)20-8-7-18-5-3-4-6-19(18)17-20/h3-10,17H,11-16H2,1-2H3,(H,25,30). The Morgan fingerprint density at radius 1 is 1.03 bits per heavy atom. The van der Waals surface area contributed by atoms with Crippen LogP contribution in [0.2, 0.25) is 0 Å². The molecule has 156 valence electrons. The number of piperazine rings is 1. The molecule has 0 radical (unpaired) electrons. The van der Waals surface area contributed by atoms with Gasteiger partial charge in [-0.1, -0.05) is 36.4 Å². The van der Waals surface area contributed by atoms with E-state index in [2.05, 4.69) is 62.6 Å². The first-order chi connectivity index (χ1) is 14.6. The zero-order valence-electron chi connectivity index (χ0n) is 17.6. The topological polar surface area (TPSA) is 64.6 Å². The lowest BCUT2D eigenvalue weighted by atomic mass is 10.1. The number of benzene rings is 2. The largest absolute Gasteiger partial charge is 0.338 e. The Morgan fingerprint density at radius 3 is 2.57 bits per heavy atom. The summed E-state index contributed by atoms with van der Waals surface area (Å²) in [5.74, 6) is 0.779. The first-order valence-corrected chi connectivity index (χ1v) is 10.3. The Bertz CT molecular complexity index is 1010. The number of carbonyl (C=O) groups is 1. The second kappa shape index (κ2) is 9.09. The van der Waals surface area contributed by atoms with Crippen molar-refractivity contribution in [2.45, 2.75) is 0 Å². The van der Waals surface area contributed by atoms with Gasteiger partial charge in [-0.2, -0.15) is 0 Å². The lowest BCUT2D eigenvalue weighted by Crippen LogP contribution is -2.49. The van der Waals surface area contributed by atoms with Crippen LogP contribution in [0.4, 0.5) is 10.7 Å². The fourth-order valence-corrected chi connectivity index (χ4v) is 3.66. The first kappa shape index (κ1) is 20.1. The van der Waals surface area contributed by atoms with Crippen molar-refractivity contribution in [1.82, 2.24) is 25.1 Å². The second-order valence-electron chi connectivity index (χ2n) is 7.76. The molecular formula is C23H28N6O. The summed E-state index contributed by atoms with van der Waals surface area (Å²) in [5, 5.41) is 5.36. The summed E-state index contributed by atoms with van der Waals surface area (Å²) in [4.78, 5) is 27.1. The molecule has 1 N–H and O–H groups in total. The molecule has 30 heavy (non-hydrogen) atoms. The highest BCUT2D eigenvalue weighted by molar-refractivity contribution is 5.86. The smallest absolute Gasteiger partial charge is 0.316 e. The van der Waals surface area contributed by atoms with Crippen molar-refractivity contribution in [2.75, 3.05) is 58.3 Å². The lowest BCUT2D eigenvalue weighted by molar-refractivity contribution is 0.211. The number of rotatable bonds is 5. The van der Waals surface area contributed by atoms with Gasteiger partial charge in [-0.05, 0) is 22.9 Å². The fourth-order valence-electron chi connectivity index (χ4n) is 3.66. The van der Waals surface area contributed by atoms with Gasteiger partial charge in [0.1, 0.15) is 0 Å². The molecule has 3 aromatic rings. The molecule has 7 nitrogen and oxygen atoms in total. The van der Waals surface area contributed by atoms with Gasteiger partial charge in [-0.15, -0.1) is 0 Å². The van der Waals surface area contributed by atoms with E-state index in [1.54, 1.807) is 19.0 Å². The average Bonchev–Trinajstić information content (AvgIpc) is 2.79. The van der Waals surface area contributed by atoms with Crippen LogP contribution in [-0.4, -0.2) is 79.2 Å². The van der Waals surface area contributed by atoms with Gasteiger partial charge in [0.2, 0.25) is 5.95 Å². The minimum Gasteiger partial charge on any atom is -0.338 e. The number of fused-ring (bicyclic) bond motifs is 1. The molecule has 1 fully saturated rings. The van der Waals surface area contributed by atoms with E-state index in [4.69, 9.17) is 4.98 Å².